The van der Waals surface area contributed by atoms with Gasteiger partial charge in [0.25, 0.3) is 0 Å². The van der Waals surface area contributed by atoms with E-state index in [1.165, 1.54) is 0 Å². The van der Waals surface area contributed by atoms with Gasteiger partial charge in [0.05, 0.1) is 16.8 Å². The normalized spacial score (nSPS) is 13.6. The number of hydrogen-bond donors (Lipinski definition) is 2. The number of ether oxygens (including phenoxy) is 1. The van der Waals surface area contributed by atoms with Crippen molar-refractivity contribution in [3.8, 4) is 5.88 Å². The fourth-order valence-corrected chi connectivity index (χ4v) is 1.70. The predicted molar refractivity (Wildman–Crippen MR) is 81.2 cm³/mol. The Kier molecular flexibility index (Phi) is 4.92. The second-order valence-electron chi connectivity index (χ2n) is 4.40. The first kappa shape index (κ1) is 14.7. The van der Waals surface area contributed by atoms with Gasteiger partial charge in [0.1, 0.15) is 6.10 Å². The molecule has 0 bridgehead atoms. The molecule has 0 fully saturated rings. The minimum absolute atomic E-state index is 0.356. The van der Waals surface area contributed by atoms with E-state index in [4.69, 9.17) is 4.74 Å². The maximum absolute atomic E-state index is 9.48. The lowest BCUT2D eigenvalue weighted by Crippen LogP contribution is -2.26. The van der Waals surface area contributed by atoms with Crippen LogP contribution in [0.3, 0.4) is 0 Å². The van der Waals surface area contributed by atoms with E-state index in [9.17, 15) is 5.11 Å². The minimum atomic E-state index is -0.581. The van der Waals surface area contributed by atoms with E-state index in [1.54, 1.807) is 20.0 Å². The highest BCUT2D eigenvalue weighted by Crippen LogP contribution is 2.25. The molecule has 2 aromatic rings. The minimum Gasteiger partial charge on any atom is -0.471 e. The molecule has 20 heavy (non-hydrogen) atoms. The SMILES string of the molecule is C[C@@H](O)[C@@H](C)Oc1nc(Nc2ccccc2)ncc1Br. The summed E-state index contributed by atoms with van der Waals surface area (Å²) in [6.45, 7) is 3.45. The third-order valence-corrected chi connectivity index (χ3v) is 3.26. The van der Waals surface area contributed by atoms with Gasteiger partial charge >= 0.3 is 0 Å². The molecule has 0 amide bonds. The molecule has 2 rings (SSSR count). The van der Waals surface area contributed by atoms with Crippen LogP contribution < -0.4 is 10.1 Å². The molecule has 0 aliphatic carbocycles. The van der Waals surface area contributed by atoms with Crippen LogP contribution in [0.2, 0.25) is 0 Å². The van der Waals surface area contributed by atoms with Gasteiger partial charge in [-0.05, 0) is 41.9 Å². The molecular formula is C14H16BrN3O2. The third kappa shape index (κ3) is 3.91. The first-order chi connectivity index (χ1) is 9.56. The summed E-state index contributed by atoms with van der Waals surface area (Å²) in [4.78, 5) is 8.46. The molecular weight excluding hydrogens is 322 g/mol. The van der Waals surface area contributed by atoms with Crippen LogP contribution in [-0.4, -0.2) is 27.3 Å². The molecule has 0 saturated carbocycles. The number of nitrogens with zero attached hydrogens (tertiary/aromatic N) is 2. The first-order valence-corrected chi connectivity index (χ1v) is 7.05. The Bertz CT molecular complexity index is 564. The smallest absolute Gasteiger partial charge is 0.233 e. The van der Waals surface area contributed by atoms with Crippen molar-refractivity contribution in [2.24, 2.45) is 0 Å². The summed E-state index contributed by atoms with van der Waals surface area (Å²) >= 11 is 3.33. The van der Waals surface area contributed by atoms with E-state index in [-0.39, 0.29) is 6.10 Å². The maximum Gasteiger partial charge on any atom is 0.233 e. The lowest BCUT2D eigenvalue weighted by Gasteiger charge is -2.17. The standard InChI is InChI=1S/C14H16BrN3O2/c1-9(19)10(2)20-13-12(15)8-16-14(18-13)17-11-6-4-3-5-7-11/h3-10,19H,1-2H3,(H,16,17,18)/t9-,10-/m1/s1. The van der Waals surface area contributed by atoms with Crippen molar-refractivity contribution in [3.05, 3.63) is 41.0 Å². The average molecular weight is 338 g/mol. The van der Waals surface area contributed by atoms with Crippen LogP contribution in [0.1, 0.15) is 13.8 Å². The number of halogens is 1. The van der Waals surface area contributed by atoms with Gasteiger partial charge in [0, 0.05) is 5.69 Å². The van der Waals surface area contributed by atoms with E-state index >= 15 is 0 Å². The van der Waals surface area contributed by atoms with Crippen LogP contribution in [0.25, 0.3) is 0 Å². The van der Waals surface area contributed by atoms with Crippen LogP contribution >= 0.6 is 15.9 Å². The van der Waals surface area contributed by atoms with E-state index in [0.717, 1.165) is 5.69 Å². The van der Waals surface area contributed by atoms with Gasteiger partial charge in [-0.25, -0.2) is 4.98 Å². The molecule has 1 aromatic heterocycles. The van der Waals surface area contributed by atoms with Gasteiger partial charge in [-0.3, -0.25) is 0 Å². The Labute approximate surface area is 126 Å². The zero-order chi connectivity index (χ0) is 14.5. The van der Waals surface area contributed by atoms with Gasteiger partial charge in [-0.1, -0.05) is 18.2 Å². The predicted octanol–water partition coefficient (Wildman–Crippen LogP) is 3.13. The summed E-state index contributed by atoms with van der Waals surface area (Å²) in [6, 6.07) is 9.63. The average Bonchev–Trinajstić information content (AvgIpc) is 2.43. The van der Waals surface area contributed by atoms with Crippen molar-refractivity contribution < 1.29 is 9.84 Å². The fourth-order valence-electron chi connectivity index (χ4n) is 1.42. The Morgan fingerprint density at radius 3 is 2.60 bits per heavy atom. The second kappa shape index (κ2) is 6.67. The van der Waals surface area contributed by atoms with Crippen molar-refractivity contribution in [2.75, 3.05) is 5.32 Å². The molecule has 5 nitrogen and oxygen atoms in total. The zero-order valence-corrected chi connectivity index (χ0v) is 12.8. The summed E-state index contributed by atoms with van der Waals surface area (Å²) in [5, 5.41) is 12.6. The van der Waals surface area contributed by atoms with E-state index in [2.05, 4.69) is 31.2 Å². The Hall–Kier alpha value is -1.66. The largest absolute Gasteiger partial charge is 0.471 e. The zero-order valence-electron chi connectivity index (χ0n) is 11.2. The molecule has 106 valence electrons. The maximum atomic E-state index is 9.48. The number of aromatic nitrogens is 2. The molecule has 0 radical (unpaired) electrons. The molecule has 0 aliphatic heterocycles. The molecule has 2 N–H and O–H groups in total. The summed E-state index contributed by atoms with van der Waals surface area (Å²) < 4.78 is 6.24. The number of hydrogen-bond acceptors (Lipinski definition) is 5. The van der Waals surface area contributed by atoms with Crippen molar-refractivity contribution >= 4 is 27.6 Å². The van der Waals surface area contributed by atoms with Crippen molar-refractivity contribution in [1.29, 1.82) is 0 Å². The van der Waals surface area contributed by atoms with Crippen molar-refractivity contribution in [2.45, 2.75) is 26.1 Å². The first-order valence-electron chi connectivity index (χ1n) is 6.25. The van der Waals surface area contributed by atoms with Crippen molar-refractivity contribution in [1.82, 2.24) is 9.97 Å². The number of anilines is 2. The number of rotatable bonds is 5. The highest BCUT2D eigenvalue weighted by atomic mass is 79.9. The van der Waals surface area contributed by atoms with Crippen LogP contribution in [-0.2, 0) is 0 Å². The second-order valence-corrected chi connectivity index (χ2v) is 5.26. The highest BCUT2D eigenvalue weighted by molar-refractivity contribution is 9.10. The topological polar surface area (TPSA) is 67.3 Å². The molecule has 0 unspecified atom stereocenters. The molecule has 0 saturated heterocycles. The van der Waals surface area contributed by atoms with Crippen LogP contribution in [0.5, 0.6) is 5.88 Å². The van der Waals surface area contributed by atoms with Gasteiger partial charge in [-0.2, -0.15) is 4.98 Å². The third-order valence-electron chi connectivity index (χ3n) is 2.72. The van der Waals surface area contributed by atoms with Crippen LogP contribution in [0.4, 0.5) is 11.6 Å². The van der Waals surface area contributed by atoms with Gasteiger partial charge in [0.15, 0.2) is 0 Å². The summed E-state index contributed by atoms with van der Waals surface area (Å²) in [5.41, 5.74) is 0.893. The molecule has 1 aromatic carbocycles. The molecule has 2 atom stereocenters. The summed E-state index contributed by atoms with van der Waals surface area (Å²) in [7, 11) is 0. The molecule has 6 heteroatoms. The lowest BCUT2D eigenvalue weighted by atomic mass is 10.3. The number of nitrogens with one attached hydrogen (secondary N) is 1. The number of aliphatic hydroxyl groups excluding tert-OH is 1. The Morgan fingerprint density at radius 2 is 1.95 bits per heavy atom. The van der Waals surface area contributed by atoms with Gasteiger partial charge in [-0.15, -0.1) is 0 Å². The van der Waals surface area contributed by atoms with Crippen LogP contribution in [0, 0.1) is 0 Å². The van der Waals surface area contributed by atoms with E-state index < -0.39 is 6.10 Å². The summed E-state index contributed by atoms with van der Waals surface area (Å²) in [5.74, 6) is 0.832. The fraction of sp³-hybridized carbons (Fsp3) is 0.286. The quantitative estimate of drug-likeness (QED) is 0.877. The number of benzene rings is 1. The Balaban J connectivity index is 2.16. The van der Waals surface area contributed by atoms with E-state index in [1.807, 2.05) is 30.3 Å². The van der Waals surface area contributed by atoms with Crippen molar-refractivity contribution in [3.63, 3.8) is 0 Å². The number of aliphatic hydroxyl groups is 1. The monoisotopic (exact) mass is 337 g/mol. The molecule has 1 heterocycles. The highest BCUT2D eigenvalue weighted by Gasteiger charge is 2.14. The molecule has 0 aliphatic rings. The van der Waals surface area contributed by atoms with Gasteiger partial charge < -0.3 is 15.2 Å². The summed E-state index contributed by atoms with van der Waals surface area (Å²) in [6.07, 6.45) is 0.677. The lowest BCUT2D eigenvalue weighted by molar-refractivity contribution is 0.0569. The Morgan fingerprint density at radius 1 is 1.25 bits per heavy atom. The van der Waals surface area contributed by atoms with Crippen LogP contribution in [0.15, 0.2) is 41.0 Å². The molecule has 0 spiro atoms. The number of para-hydroxylation sites is 1. The van der Waals surface area contributed by atoms with Gasteiger partial charge in [0.2, 0.25) is 11.8 Å². The van der Waals surface area contributed by atoms with E-state index in [0.29, 0.717) is 16.3 Å².